The van der Waals surface area contributed by atoms with E-state index < -0.39 is 0 Å². The van der Waals surface area contributed by atoms with Crippen molar-refractivity contribution in [2.45, 2.75) is 19.3 Å². The smallest absolute Gasteiger partial charge is 0.227 e. The first-order valence-corrected chi connectivity index (χ1v) is 9.92. The number of rotatable bonds is 3. The average molecular weight is 388 g/mol. The van der Waals surface area contributed by atoms with Gasteiger partial charge in [0.05, 0.1) is 17.6 Å². The number of carbonyl (C=O) groups excluding carboxylic acids is 1. The number of nitrogens with one attached hydrogen (secondary N) is 1. The highest BCUT2D eigenvalue weighted by Crippen LogP contribution is 2.32. The Morgan fingerprint density at radius 3 is 2.78 bits per heavy atom. The highest BCUT2D eigenvalue weighted by Gasteiger charge is 2.28. The quantitative estimate of drug-likeness (QED) is 0.879. The molecule has 1 amide bonds. The van der Waals surface area contributed by atoms with Crippen molar-refractivity contribution >= 4 is 28.9 Å². The Balaban J connectivity index is 1.51. The van der Waals surface area contributed by atoms with Gasteiger partial charge in [0.1, 0.15) is 0 Å². The molecule has 1 aliphatic heterocycles. The van der Waals surface area contributed by atoms with Gasteiger partial charge in [0, 0.05) is 56.3 Å². The summed E-state index contributed by atoms with van der Waals surface area (Å²) in [4.78, 5) is 17.6. The summed E-state index contributed by atoms with van der Waals surface area (Å²) in [5, 5.41) is 8.13. The monoisotopic (exact) mass is 387 g/mol. The van der Waals surface area contributed by atoms with Gasteiger partial charge in [-0.15, -0.1) is 0 Å². The molecule has 2 aromatic rings. The van der Waals surface area contributed by atoms with E-state index in [9.17, 15) is 4.79 Å². The summed E-state index contributed by atoms with van der Waals surface area (Å²) in [7, 11) is 4.08. The summed E-state index contributed by atoms with van der Waals surface area (Å²) in [5.74, 6) is 0.0340. The van der Waals surface area contributed by atoms with Gasteiger partial charge in [-0.3, -0.25) is 9.48 Å². The van der Waals surface area contributed by atoms with E-state index in [1.165, 1.54) is 11.3 Å². The number of halogens is 1. The zero-order valence-electron chi connectivity index (χ0n) is 15.9. The third-order valence-electron chi connectivity index (χ3n) is 5.78. The molecule has 6 nitrogen and oxygen atoms in total. The van der Waals surface area contributed by atoms with Crippen LogP contribution in [0.3, 0.4) is 0 Å². The summed E-state index contributed by atoms with van der Waals surface area (Å²) in [6.07, 6.45) is 4.42. The predicted octanol–water partition coefficient (Wildman–Crippen LogP) is 2.57. The first-order chi connectivity index (χ1) is 13.0. The molecule has 1 aliphatic carbocycles. The zero-order chi connectivity index (χ0) is 19.0. The lowest BCUT2D eigenvalue weighted by molar-refractivity contribution is -0.120. The summed E-state index contributed by atoms with van der Waals surface area (Å²) >= 11 is 6.23. The Kier molecular flexibility index (Phi) is 5.10. The lowest BCUT2D eigenvalue weighted by atomic mass is 9.87. The fourth-order valence-corrected chi connectivity index (χ4v) is 4.21. The van der Waals surface area contributed by atoms with Crippen molar-refractivity contribution in [2.75, 3.05) is 43.4 Å². The van der Waals surface area contributed by atoms with E-state index in [-0.39, 0.29) is 11.8 Å². The number of aryl methyl sites for hydroxylation is 2. The molecule has 0 radical (unpaired) electrons. The molecule has 0 spiro atoms. The molecule has 4 rings (SSSR count). The number of likely N-dealkylation sites (N-methyl/N-ethyl adjacent to an activating group) is 1. The van der Waals surface area contributed by atoms with Gasteiger partial charge < -0.3 is 15.1 Å². The number of piperazine rings is 1. The van der Waals surface area contributed by atoms with Gasteiger partial charge in [-0.2, -0.15) is 5.10 Å². The number of amides is 1. The van der Waals surface area contributed by atoms with Crippen LogP contribution in [0.2, 0.25) is 5.02 Å². The third-order valence-corrected chi connectivity index (χ3v) is 6.02. The molecule has 1 unspecified atom stereocenters. The van der Waals surface area contributed by atoms with E-state index in [0.717, 1.165) is 56.8 Å². The maximum Gasteiger partial charge on any atom is 0.227 e. The van der Waals surface area contributed by atoms with Crippen LogP contribution in [-0.2, 0) is 24.7 Å². The predicted molar refractivity (Wildman–Crippen MR) is 109 cm³/mol. The molecule has 2 heterocycles. The molecular weight excluding hydrogens is 362 g/mol. The molecule has 1 N–H and O–H groups in total. The van der Waals surface area contributed by atoms with E-state index in [0.29, 0.717) is 5.02 Å². The lowest BCUT2D eigenvalue weighted by Gasteiger charge is -2.35. The molecule has 1 aromatic heterocycles. The maximum absolute atomic E-state index is 13.0. The molecule has 1 aromatic carbocycles. The summed E-state index contributed by atoms with van der Waals surface area (Å²) < 4.78 is 1.89. The summed E-state index contributed by atoms with van der Waals surface area (Å²) in [5.41, 5.74) is 4.31. The molecular formula is C20H26ClN5O. The van der Waals surface area contributed by atoms with E-state index >= 15 is 0 Å². The van der Waals surface area contributed by atoms with Gasteiger partial charge in [0.2, 0.25) is 5.91 Å². The standard InChI is InChI=1S/C20H26ClN5O/c1-24-7-9-26(10-8-24)18-6-5-16(21)12-17(18)23-20(27)14-3-4-15-13-22-25(2)19(15)11-14/h5-6,12-14H,3-4,7-11H2,1-2H3,(H,23,27). The summed E-state index contributed by atoms with van der Waals surface area (Å²) in [6.45, 7) is 3.93. The topological polar surface area (TPSA) is 53.4 Å². The Morgan fingerprint density at radius 1 is 1.22 bits per heavy atom. The van der Waals surface area contributed by atoms with Crippen LogP contribution in [0.5, 0.6) is 0 Å². The van der Waals surface area contributed by atoms with Crippen LogP contribution in [-0.4, -0.2) is 53.8 Å². The third kappa shape index (κ3) is 3.82. The normalized spacial score (nSPS) is 20.4. The van der Waals surface area contributed by atoms with Crippen molar-refractivity contribution < 1.29 is 4.79 Å². The number of fused-ring (bicyclic) bond motifs is 1. The van der Waals surface area contributed by atoms with Crippen molar-refractivity contribution in [2.24, 2.45) is 13.0 Å². The minimum absolute atomic E-state index is 0.0350. The van der Waals surface area contributed by atoms with Gasteiger partial charge in [-0.1, -0.05) is 11.6 Å². The number of anilines is 2. The highest BCUT2D eigenvalue weighted by molar-refractivity contribution is 6.31. The minimum Gasteiger partial charge on any atom is -0.367 e. The largest absolute Gasteiger partial charge is 0.367 e. The van der Waals surface area contributed by atoms with Crippen molar-refractivity contribution in [3.8, 4) is 0 Å². The number of benzene rings is 1. The van der Waals surface area contributed by atoms with Crippen molar-refractivity contribution in [1.29, 1.82) is 0 Å². The zero-order valence-corrected chi connectivity index (χ0v) is 16.7. The fraction of sp³-hybridized carbons (Fsp3) is 0.500. The first-order valence-electron chi connectivity index (χ1n) is 9.55. The number of carbonyl (C=O) groups is 1. The molecule has 0 saturated carbocycles. The Labute approximate surface area is 165 Å². The molecule has 2 aliphatic rings. The van der Waals surface area contributed by atoms with E-state index in [1.807, 2.05) is 36.1 Å². The van der Waals surface area contributed by atoms with Crippen LogP contribution in [0.25, 0.3) is 0 Å². The molecule has 1 fully saturated rings. The lowest BCUT2D eigenvalue weighted by Crippen LogP contribution is -2.44. The first kappa shape index (κ1) is 18.3. The molecule has 144 valence electrons. The molecule has 1 atom stereocenters. The van der Waals surface area contributed by atoms with E-state index in [4.69, 9.17) is 11.6 Å². The van der Waals surface area contributed by atoms with Gasteiger partial charge >= 0.3 is 0 Å². The van der Waals surface area contributed by atoms with Gasteiger partial charge in [-0.05, 0) is 43.7 Å². The maximum atomic E-state index is 13.0. The number of hydrogen-bond acceptors (Lipinski definition) is 4. The summed E-state index contributed by atoms with van der Waals surface area (Å²) in [6, 6.07) is 5.78. The van der Waals surface area contributed by atoms with Crippen LogP contribution in [0.4, 0.5) is 11.4 Å². The van der Waals surface area contributed by atoms with Gasteiger partial charge in [-0.25, -0.2) is 0 Å². The van der Waals surface area contributed by atoms with Crippen LogP contribution in [0.15, 0.2) is 24.4 Å². The van der Waals surface area contributed by atoms with Crippen molar-refractivity contribution in [1.82, 2.24) is 14.7 Å². The Morgan fingerprint density at radius 2 is 2.00 bits per heavy atom. The molecule has 1 saturated heterocycles. The van der Waals surface area contributed by atoms with Gasteiger partial charge in [0.15, 0.2) is 0 Å². The Hall–Kier alpha value is -2.05. The average Bonchev–Trinajstić information content (AvgIpc) is 3.03. The van der Waals surface area contributed by atoms with Crippen LogP contribution >= 0.6 is 11.6 Å². The van der Waals surface area contributed by atoms with Crippen LogP contribution in [0, 0.1) is 5.92 Å². The van der Waals surface area contributed by atoms with Gasteiger partial charge in [0.25, 0.3) is 0 Å². The van der Waals surface area contributed by atoms with Crippen molar-refractivity contribution in [3.63, 3.8) is 0 Å². The van der Waals surface area contributed by atoms with E-state index in [2.05, 4.69) is 27.3 Å². The second kappa shape index (κ2) is 7.52. The number of hydrogen-bond donors (Lipinski definition) is 1. The highest BCUT2D eigenvalue weighted by atomic mass is 35.5. The fourth-order valence-electron chi connectivity index (χ4n) is 4.04. The molecule has 0 bridgehead atoms. The second-order valence-electron chi connectivity index (χ2n) is 7.62. The number of nitrogens with zero attached hydrogens (tertiary/aromatic N) is 4. The van der Waals surface area contributed by atoms with Crippen molar-refractivity contribution in [3.05, 3.63) is 40.7 Å². The molecule has 7 heteroatoms. The molecule has 27 heavy (non-hydrogen) atoms. The van der Waals surface area contributed by atoms with Crippen LogP contribution in [0.1, 0.15) is 17.7 Å². The van der Waals surface area contributed by atoms with Crippen LogP contribution < -0.4 is 10.2 Å². The minimum atomic E-state index is -0.0350. The second-order valence-corrected chi connectivity index (χ2v) is 8.06. The Bertz CT molecular complexity index is 841. The van der Waals surface area contributed by atoms with E-state index in [1.54, 1.807) is 0 Å². The number of aromatic nitrogens is 2. The SMILES string of the molecule is CN1CCN(c2ccc(Cl)cc2NC(=O)C2CCc3cnn(C)c3C2)CC1.